The topological polar surface area (TPSA) is 26.3 Å². The summed E-state index contributed by atoms with van der Waals surface area (Å²) in [5.41, 5.74) is 0. The van der Waals surface area contributed by atoms with Crippen LogP contribution in [-0.2, 0) is 9.53 Å². The van der Waals surface area contributed by atoms with Gasteiger partial charge in [-0.25, -0.2) is 0 Å². The third kappa shape index (κ3) is 5.63. The molecule has 0 atom stereocenters. The summed E-state index contributed by atoms with van der Waals surface area (Å²) in [7, 11) is 0. The highest BCUT2D eigenvalue weighted by molar-refractivity contribution is 5.48. The molecule has 0 amide bonds. The van der Waals surface area contributed by atoms with Gasteiger partial charge in [-0.1, -0.05) is 0 Å². The second kappa shape index (κ2) is 6.63. The first kappa shape index (κ1) is 7.63. The molecule has 0 aliphatic heterocycles. The largest absolute Gasteiger partial charge is 0.382 e. The Kier molecular flexibility index (Phi) is 6.32. The first-order valence-electron chi connectivity index (χ1n) is 2.93. The molecule has 2 heteroatoms. The predicted octanol–water partition coefficient (Wildman–Crippen LogP) is 1.00. The molecule has 0 aliphatic carbocycles. The zero-order valence-electron chi connectivity index (χ0n) is 5.22. The number of carbonyl (C=O) groups is 1. The first-order chi connectivity index (χ1) is 3.91. The molecule has 2 nitrogen and oxygen atoms in total. The Bertz CT molecular complexity index is 52.5. The summed E-state index contributed by atoms with van der Waals surface area (Å²) < 4.78 is 4.98. The summed E-state index contributed by atoms with van der Waals surface area (Å²) >= 11 is 0. The molecular formula is C6H12O2. The summed E-state index contributed by atoms with van der Waals surface area (Å²) in [6, 6.07) is 0. The molecular weight excluding hydrogens is 104 g/mol. The van der Waals surface area contributed by atoms with Crippen LogP contribution in [0.5, 0.6) is 0 Å². The number of hydrogen-bond acceptors (Lipinski definition) is 2. The van der Waals surface area contributed by atoms with Crippen LogP contribution in [-0.4, -0.2) is 19.5 Å². The fourth-order valence-corrected chi connectivity index (χ4v) is 0.413. The molecule has 0 N–H and O–H groups in total. The van der Waals surface area contributed by atoms with Crippen molar-refractivity contribution >= 4 is 6.29 Å². The molecule has 0 aliphatic rings. The van der Waals surface area contributed by atoms with E-state index < -0.39 is 0 Å². The summed E-state index contributed by atoms with van der Waals surface area (Å²) in [6.07, 6.45) is 2.40. The van der Waals surface area contributed by atoms with Gasteiger partial charge in [0.2, 0.25) is 0 Å². The van der Waals surface area contributed by atoms with E-state index in [1.165, 1.54) is 0 Å². The number of aldehydes is 1. The van der Waals surface area contributed by atoms with Gasteiger partial charge in [-0.05, 0) is 13.3 Å². The minimum Gasteiger partial charge on any atom is -0.382 e. The van der Waals surface area contributed by atoms with Gasteiger partial charge < -0.3 is 9.53 Å². The van der Waals surface area contributed by atoms with Crippen LogP contribution in [0.15, 0.2) is 0 Å². The van der Waals surface area contributed by atoms with Crippen molar-refractivity contribution < 1.29 is 9.53 Å². The lowest BCUT2D eigenvalue weighted by Crippen LogP contribution is -1.92. The first-order valence-corrected chi connectivity index (χ1v) is 2.93. The molecule has 0 heterocycles. The monoisotopic (exact) mass is 116 g/mol. The fourth-order valence-electron chi connectivity index (χ4n) is 0.413. The molecule has 0 unspecified atom stereocenters. The predicted molar refractivity (Wildman–Crippen MR) is 31.8 cm³/mol. The zero-order chi connectivity index (χ0) is 6.24. The van der Waals surface area contributed by atoms with Gasteiger partial charge in [0, 0.05) is 19.6 Å². The highest BCUT2D eigenvalue weighted by Crippen LogP contribution is 1.84. The normalized spacial score (nSPS) is 9.12. The van der Waals surface area contributed by atoms with E-state index in [9.17, 15) is 4.79 Å². The number of unbranched alkanes of at least 4 members (excludes halogenated alkanes) is 1. The molecule has 0 spiro atoms. The van der Waals surface area contributed by atoms with E-state index in [1.807, 2.05) is 6.92 Å². The van der Waals surface area contributed by atoms with E-state index in [2.05, 4.69) is 0 Å². The molecule has 0 aromatic carbocycles. The maximum atomic E-state index is 9.71. The highest BCUT2D eigenvalue weighted by atomic mass is 16.5. The Morgan fingerprint density at radius 1 is 1.62 bits per heavy atom. The standard InChI is InChI=1S/C6H12O2/c1-2-8-6-4-3-5-7/h5H,2-4,6H2,1H3. The van der Waals surface area contributed by atoms with Gasteiger partial charge in [-0.15, -0.1) is 0 Å². The fraction of sp³-hybridized carbons (Fsp3) is 0.833. The molecule has 8 heavy (non-hydrogen) atoms. The van der Waals surface area contributed by atoms with Crippen LogP contribution in [0.3, 0.4) is 0 Å². The zero-order valence-corrected chi connectivity index (χ0v) is 5.22. The Labute approximate surface area is 49.8 Å². The van der Waals surface area contributed by atoms with E-state index in [4.69, 9.17) is 4.74 Å². The number of hydrogen-bond donors (Lipinski definition) is 0. The summed E-state index contributed by atoms with van der Waals surface area (Å²) in [4.78, 5) is 9.71. The maximum Gasteiger partial charge on any atom is 0.120 e. The van der Waals surface area contributed by atoms with Gasteiger partial charge >= 0.3 is 0 Å². The van der Waals surface area contributed by atoms with Gasteiger partial charge in [-0.3, -0.25) is 0 Å². The van der Waals surface area contributed by atoms with Crippen LogP contribution in [0.25, 0.3) is 0 Å². The van der Waals surface area contributed by atoms with Crippen molar-refractivity contribution in [3.05, 3.63) is 0 Å². The van der Waals surface area contributed by atoms with Gasteiger partial charge in [-0.2, -0.15) is 0 Å². The average Bonchev–Trinajstić information content (AvgIpc) is 1.81. The van der Waals surface area contributed by atoms with Gasteiger partial charge in [0.15, 0.2) is 0 Å². The second-order valence-electron chi connectivity index (χ2n) is 1.51. The van der Waals surface area contributed by atoms with E-state index >= 15 is 0 Å². The van der Waals surface area contributed by atoms with E-state index in [0.717, 1.165) is 25.9 Å². The minimum absolute atomic E-state index is 0.625. The average molecular weight is 116 g/mol. The van der Waals surface area contributed by atoms with Gasteiger partial charge in [0.1, 0.15) is 6.29 Å². The van der Waals surface area contributed by atoms with E-state index in [-0.39, 0.29) is 0 Å². The lowest BCUT2D eigenvalue weighted by molar-refractivity contribution is -0.108. The summed E-state index contributed by atoms with van der Waals surface area (Å²) in [5.74, 6) is 0. The van der Waals surface area contributed by atoms with Crippen LogP contribution in [0.4, 0.5) is 0 Å². The van der Waals surface area contributed by atoms with E-state index in [0.29, 0.717) is 6.42 Å². The Morgan fingerprint density at radius 2 is 2.38 bits per heavy atom. The third-order valence-electron chi connectivity index (χ3n) is 0.815. The smallest absolute Gasteiger partial charge is 0.120 e. The second-order valence-corrected chi connectivity index (χ2v) is 1.51. The van der Waals surface area contributed by atoms with Crippen molar-refractivity contribution in [2.75, 3.05) is 13.2 Å². The molecule has 0 aromatic rings. The highest BCUT2D eigenvalue weighted by Gasteiger charge is 1.82. The molecule has 0 saturated heterocycles. The van der Waals surface area contributed by atoms with Gasteiger partial charge in [0.05, 0.1) is 0 Å². The quantitative estimate of drug-likeness (QED) is 0.395. The molecule has 48 valence electrons. The Hall–Kier alpha value is -0.370. The van der Waals surface area contributed by atoms with Crippen molar-refractivity contribution in [1.82, 2.24) is 0 Å². The van der Waals surface area contributed by atoms with Crippen LogP contribution < -0.4 is 0 Å². The molecule has 0 aromatic heterocycles. The molecule has 0 rings (SSSR count). The summed E-state index contributed by atoms with van der Waals surface area (Å²) in [6.45, 7) is 3.41. The summed E-state index contributed by atoms with van der Waals surface area (Å²) in [5, 5.41) is 0. The minimum atomic E-state index is 0.625. The van der Waals surface area contributed by atoms with Crippen molar-refractivity contribution in [3.8, 4) is 0 Å². The van der Waals surface area contributed by atoms with Crippen LogP contribution in [0, 0.1) is 0 Å². The van der Waals surface area contributed by atoms with Gasteiger partial charge in [0.25, 0.3) is 0 Å². The molecule has 0 fully saturated rings. The SMILES string of the molecule is CCOCCCC=O. The molecule has 0 bridgehead atoms. The lowest BCUT2D eigenvalue weighted by atomic mass is 10.3. The number of ether oxygens (including phenoxy) is 1. The molecule has 0 radical (unpaired) electrons. The third-order valence-corrected chi connectivity index (χ3v) is 0.815. The van der Waals surface area contributed by atoms with Crippen molar-refractivity contribution in [1.29, 1.82) is 0 Å². The van der Waals surface area contributed by atoms with E-state index in [1.54, 1.807) is 0 Å². The lowest BCUT2D eigenvalue weighted by Gasteiger charge is -1.94. The maximum absolute atomic E-state index is 9.71. The number of carbonyl (C=O) groups excluding carboxylic acids is 1. The number of rotatable bonds is 5. The van der Waals surface area contributed by atoms with Crippen molar-refractivity contribution in [3.63, 3.8) is 0 Å². The van der Waals surface area contributed by atoms with Crippen LogP contribution >= 0.6 is 0 Å². The Balaban J connectivity index is 2.62. The van der Waals surface area contributed by atoms with Crippen LogP contribution in [0.2, 0.25) is 0 Å². The van der Waals surface area contributed by atoms with Crippen molar-refractivity contribution in [2.24, 2.45) is 0 Å². The van der Waals surface area contributed by atoms with Crippen molar-refractivity contribution in [2.45, 2.75) is 19.8 Å². The van der Waals surface area contributed by atoms with Crippen LogP contribution in [0.1, 0.15) is 19.8 Å². The Morgan fingerprint density at radius 3 is 2.88 bits per heavy atom. The molecule has 0 saturated carbocycles.